The summed E-state index contributed by atoms with van der Waals surface area (Å²) in [6.07, 6.45) is 5.51. The second-order valence-corrected chi connectivity index (χ2v) is 11.8. The van der Waals surface area contributed by atoms with E-state index in [0.29, 0.717) is 49.5 Å². The number of rotatable bonds is 3. The van der Waals surface area contributed by atoms with Crippen LogP contribution in [0.4, 0.5) is 19.4 Å². The molecule has 1 amide bonds. The van der Waals surface area contributed by atoms with Crippen molar-refractivity contribution in [2.75, 3.05) is 18.0 Å². The summed E-state index contributed by atoms with van der Waals surface area (Å²) in [5.74, 6) is -0.182. The predicted octanol–water partition coefficient (Wildman–Crippen LogP) is 5.77. The molecular formula is C27H28F2N6O2S. The van der Waals surface area contributed by atoms with Crippen LogP contribution in [-0.2, 0) is 17.7 Å². The monoisotopic (exact) mass is 538 g/mol. The average molecular weight is 539 g/mol. The molecule has 0 N–H and O–H groups in total. The molecule has 1 fully saturated rings. The SMILES string of the molecule is CC(C)(C)OC(=O)N1CCc2sc(-c3cnn4ccc(N5CCC[C@@H]5c5cc(F)ccc5F)nc34)nc2C1. The Morgan fingerprint density at radius 3 is 2.82 bits per heavy atom. The van der Waals surface area contributed by atoms with Crippen molar-refractivity contribution in [2.24, 2.45) is 0 Å². The van der Waals surface area contributed by atoms with Crippen LogP contribution in [0.15, 0.2) is 36.7 Å². The zero-order valence-corrected chi connectivity index (χ0v) is 22.3. The van der Waals surface area contributed by atoms with Crippen molar-refractivity contribution in [2.45, 2.75) is 58.2 Å². The first-order valence-electron chi connectivity index (χ1n) is 12.7. The number of aromatic nitrogens is 4. The molecule has 2 aliphatic heterocycles. The molecule has 38 heavy (non-hydrogen) atoms. The van der Waals surface area contributed by atoms with E-state index in [1.165, 1.54) is 12.1 Å². The third-order valence-corrected chi connectivity index (χ3v) is 8.02. The Kier molecular flexibility index (Phi) is 6.05. The van der Waals surface area contributed by atoms with Crippen molar-refractivity contribution in [3.05, 3.63) is 64.4 Å². The highest BCUT2D eigenvalue weighted by Crippen LogP contribution is 2.38. The van der Waals surface area contributed by atoms with Gasteiger partial charge in [0.2, 0.25) is 0 Å². The first-order chi connectivity index (χ1) is 18.2. The van der Waals surface area contributed by atoms with Gasteiger partial charge in [-0.3, -0.25) is 0 Å². The maximum atomic E-state index is 14.6. The summed E-state index contributed by atoms with van der Waals surface area (Å²) in [5.41, 5.74) is 2.09. The van der Waals surface area contributed by atoms with Gasteiger partial charge >= 0.3 is 6.09 Å². The standard InChI is InChI=1S/C27H28F2N6O2S/c1-27(2,3)37-26(36)33-11-8-22-20(15-33)31-25(38-22)18-14-30-35-12-9-23(32-24(18)35)34-10-4-5-21(34)17-13-16(28)6-7-19(17)29/h6-7,9,12-14,21H,4-5,8,10-11,15H2,1-3H3/t21-/m1/s1. The van der Waals surface area contributed by atoms with Gasteiger partial charge in [-0.05, 0) is 57.9 Å². The lowest BCUT2D eigenvalue weighted by atomic mass is 10.0. The van der Waals surface area contributed by atoms with E-state index in [2.05, 4.69) is 5.10 Å². The van der Waals surface area contributed by atoms with E-state index in [-0.39, 0.29) is 12.1 Å². The molecule has 6 rings (SSSR count). The molecule has 11 heteroatoms. The van der Waals surface area contributed by atoms with E-state index in [1.807, 2.05) is 37.9 Å². The average Bonchev–Trinajstić information content (AvgIpc) is 3.61. The minimum absolute atomic E-state index is 0.293. The number of anilines is 1. The molecule has 0 saturated carbocycles. The van der Waals surface area contributed by atoms with Gasteiger partial charge in [0, 0.05) is 36.1 Å². The van der Waals surface area contributed by atoms with E-state index >= 15 is 0 Å². The van der Waals surface area contributed by atoms with Crippen LogP contribution in [0.5, 0.6) is 0 Å². The predicted molar refractivity (Wildman–Crippen MR) is 140 cm³/mol. The third kappa shape index (κ3) is 4.59. The van der Waals surface area contributed by atoms with Crippen molar-refractivity contribution in [3.63, 3.8) is 0 Å². The highest BCUT2D eigenvalue weighted by Gasteiger charge is 2.31. The number of hydrogen-bond donors (Lipinski definition) is 0. The number of nitrogens with zero attached hydrogens (tertiary/aromatic N) is 6. The Hall–Kier alpha value is -3.60. The topological polar surface area (TPSA) is 75.9 Å². The van der Waals surface area contributed by atoms with E-state index in [0.717, 1.165) is 33.6 Å². The molecular weight excluding hydrogens is 510 g/mol. The van der Waals surface area contributed by atoms with Gasteiger partial charge in [0.25, 0.3) is 0 Å². The van der Waals surface area contributed by atoms with Crippen molar-refractivity contribution >= 4 is 28.9 Å². The fourth-order valence-corrected chi connectivity index (χ4v) is 6.17. The Balaban J connectivity index is 1.29. The molecule has 3 aromatic heterocycles. The zero-order valence-electron chi connectivity index (χ0n) is 21.4. The summed E-state index contributed by atoms with van der Waals surface area (Å²) >= 11 is 1.59. The van der Waals surface area contributed by atoms with Crippen LogP contribution in [0.1, 0.15) is 55.8 Å². The summed E-state index contributed by atoms with van der Waals surface area (Å²) in [7, 11) is 0. The van der Waals surface area contributed by atoms with Gasteiger partial charge in [-0.1, -0.05) is 0 Å². The number of carbonyl (C=O) groups excluding carboxylic acids is 1. The molecule has 1 atom stereocenters. The van der Waals surface area contributed by atoms with Crippen molar-refractivity contribution in [1.29, 1.82) is 0 Å². The van der Waals surface area contributed by atoms with Gasteiger partial charge in [0.05, 0.1) is 30.0 Å². The number of halogens is 2. The quantitative estimate of drug-likeness (QED) is 0.330. The summed E-state index contributed by atoms with van der Waals surface area (Å²) in [5, 5.41) is 5.25. The number of benzene rings is 1. The highest BCUT2D eigenvalue weighted by molar-refractivity contribution is 7.15. The van der Waals surface area contributed by atoms with Gasteiger partial charge in [-0.25, -0.2) is 28.1 Å². The second kappa shape index (κ2) is 9.30. The maximum absolute atomic E-state index is 14.6. The molecule has 198 valence electrons. The van der Waals surface area contributed by atoms with Gasteiger partial charge < -0.3 is 14.5 Å². The summed E-state index contributed by atoms with van der Waals surface area (Å²) < 4.78 is 35.8. The molecule has 2 aliphatic rings. The maximum Gasteiger partial charge on any atom is 0.410 e. The minimum Gasteiger partial charge on any atom is -0.444 e. The molecule has 1 saturated heterocycles. The number of fused-ring (bicyclic) bond motifs is 2. The van der Waals surface area contributed by atoms with Crippen LogP contribution < -0.4 is 4.90 Å². The molecule has 0 spiro atoms. The number of hydrogen-bond acceptors (Lipinski definition) is 7. The van der Waals surface area contributed by atoms with Crippen LogP contribution in [0, 0.1) is 11.6 Å². The highest BCUT2D eigenvalue weighted by atomic mass is 32.1. The third-order valence-electron chi connectivity index (χ3n) is 6.83. The van der Waals surface area contributed by atoms with E-state index in [9.17, 15) is 13.6 Å². The van der Waals surface area contributed by atoms with E-state index < -0.39 is 17.2 Å². The minimum atomic E-state index is -0.556. The van der Waals surface area contributed by atoms with Crippen LogP contribution >= 0.6 is 11.3 Å². The van der Waals surface area contributed by atoms with Crippen LogP contribution in [-0.4, -0.2) is 49.3 Å². The molecule has 1 aromatic carbocycles. The van der Waals surface area contributed by atoms with Gasteiger partial charge in [0.15, 0.2) is 5.65 Å². The smallest absolute Gasteiger partial charge is 0.410 e. The number of amides is 1. The molecule has 0 bridgehead atoms. The normalized spacial score (nSPS) is 17.8. The van der Waals surface area contributed by atoms with Crippen molar-refractivity contribution in [3.8, 4) is 10.6 Å². The molecule has 0 unspecified atom stereocenters. The number of thiazole rings is 1. The molecule has 4 aromatic rings. The fourth-order valence-electron chi connectivity index (χ4n) is 5.10. The Morgan fingerprint density at radius 1 is 1.16 bits per heavy atom. The lowest BCUT2D eigenvalue weighted by molar-refractivity contribution is 0.0222. The van der Waals surface area contributed by atoms with Gasteiger partial charge in [-0.2, -0.15) is 5.10 Å². The molecule has 8 nitrogen and oxygen atoms in total. The van der Waals surface area contributed by atoms with Gasteiger partial charge in [0.1, 0.15) is 28.1 Å². The zero-order chi connectivity index (χ0) is 26.6. The van der Waals surface area contributed by atoms with Crippen LogP contribution in [0.2, 0.25) is 0 Å². The van der Waals surface area contributed by atoms with Crippen molar-refractivity contribution in [1.82, 2.24) is 24.5 Å². The largest absolute Gasteiger partial charge is 0.444 e. The Morgan fingerprint density at radius 2 is 2.00 bits per heavy atom. The Labute approximate surface area is 222 Å². The number of carbonyl (C=O) groups is 1. The van der Waals surface area contributed by atoms with Crippen LogP contribution in [0.3, 0.4) is 0 Å². The fraction of sp³-hybridized carbons (Fsp3) is 0.407. The molecule has 0 radical (unpaired) electrons. The first kappa shape index (κ1) is 24.7. The van der Waals surface area contributed by atoms with E-state index in [4.69, 9.17) is 14.7 Å². The van der Waals surface area contributed by atoms with Crippen LogP contribution in [0.25, 0.3) is 16.2 Å². The lowest BCUT2D eigenvalue weighted by Crippen LogP contribution is -2.39. The number of ether oxygens (including phenoxy) is 1. The van der Waals surface area contributed by atoms with Crippen molar-refractivity contribution < 1.29 is 18.3 Å². The van der Waals surface area contributed by atoms with Gasteiger partial charge in [-0.15, -0.1) is 11.3 Å². The molecule has 5 heterocycles. The van der Waals surface area contributed by atoms with E-state index in [1.54, 1.807) is 26.9 Å². The summed E-state index contributed by atoms with van der Waals surface area (Å²) in [6, 6.07) is 5.16. The summed E-state index contributed by atoms with van der Waals surface area (Å²) in [6.45, 7) is 7.23. The molecule has 0 aliphatic carbocycles. The second-order valence-electron chi connectivity index (χ2n) is 10.7. The Bertz CT molecular complexity index is 1530. The summed E-state index contributed by atoms with van der Waals surface area (Å²) in [4.78, 5) is 27.2. The first-order valence-corrected chi connectivity index (χ1v) is 13.5. The lowest BCUT2D eigenvalue weighted by Gasteiger charge is -2.29.